The van der Waals surface area contributed by atoms with Gasteiger partial charge in [-0.25, -0.2) is 0 Å². The molecule has 0 atom stereocenters. The van der Waals surface area contributed by atoms with Gasteiger partial charge in [0.1, 0.15) is 0 Å². The fraction of sp³-hybridized carbons (Fsp3) is 1.00. The van der Waals surface area contributed by atoms with Gasteiger partial charge < -0.3 is 10.2 Å². The second kappa shape index (κ2) is 47.6. The smallest absolute Gasteiger partial charge is 0.0319 e. The molecule has 0 unspecified atom stereocenters. The molecule has 0 aliphatic heterocycles. The van der Waals surface area contributed by atoms with Crippen molar-refractivity contribution >= 4 is 51.4 Å². The Morgan fingerprint density at radius 3 is 0.800 bits per heavy atom. The summed E-state index contributed by atoms with van der Waals surface area (Å²) in [5, 5.41) is 14.0. The summed E-state index contributed by atoms with van der Waals surface area (Å²) in [6.45, 7) is 0. The van der Waals surface area contributed by atoms with E-state index < -0.39 is 0 Å². The van der Waals surface area contributed by atoms with Crippen molar-refractivity contribution in [2.45, 2.75) is 0 Å². The van der Waals surface area contributed by atoms with E-state index in [0.29, 0.717) is 0 Å². The molecule has 0 saturated heterocycles. The van der Waals surface area contributed by atoms with Crippen molar-refractivity contribution in [3.8, 4) is 0 Å². The maximum Gasteiger partial charge on any atom is 0.0319 e. The maximum atomic E-state index is 7.00. The first-order valence-electron chi connectivity index (χ1n) is 0.894. The van der Waals surface area contributed by atoms with E-state index in [9.17, 15) is 0 Å². The summed E-state index contributed by atoms with van der Waals surface area (Å²) in [6, 6.07) is 0. The molecule has 0 aliphatic rings. The molecule has 0 aromatic carbocycles. The second-order valence-corrected chi connectivity index (χ2v) is 0. The predicted molar refractivity (Wildman–Crippen MR) is 22.0 cm³/mol. The van der Waals surface area contributed by atoms with Crippen molar-refractivity contribution in [2.24, 2.45) is 0 Å². The molecule has 0 rings (SSSR count). The van der Waals surface area contributed by atoms with Crippen molar-refractivity contribution in [1.29, 1.82) is 0 Å². The van der Waals surface area contributed by atoms with Gasteiger partial charge in [-0.15, -0.1) is 0 Å². The molecule has 0 amide bonds. The third-order valence-electron chi connectivity index (χ3n) is 0. The quantitative estimate of drug-likeness (QED) is 0.379. The SMILES string of the molecule is CO.CO.[K]. The van der Waals surface area contributed by atoms with Gasteiger partial charge >= 0.3 is 0 Å². The average Bonchev–Trinajstić information content (AvgIpc) is 1.50. The predicted octanol–water partition coefficient (Wildman–Crippen LogP) is -1.16. The topological polar surface area (TPSA) is 40.5 Å². The van der Waals surface area contributed by atoms with Crippen molar-refractivity contribution < 1.29 is 10.2 Å². The summed E-state index contributed by atoms with van der Waals surface area (Å²) in [6.07, 6.45) is 0. The van der Waals surface area contributed by atoms with Crippen LogP contribution >= 0.6 is 0 Å². The van der Waals surface area contributed by atoms with Crippen LogP contribution in [0.1, 0.15) is 0 Å². The van der Waals surface area contributed by atoms with Gasteiger partial charge in [0.15, 0.2) is 0 Å². The molecule has 0 heterocycles. The van der Waals surface area contributed by atoms with Gasteiger partial charge in [0.2, 0.25) is 0 Å². The minimum absolute atomic E-state index is 0. The normalized spacial score (nSPS) is 2.40. The Kier molecular flexibility index (Phi) is 152. The van der Waals surface area contributed by atoms with E-state index in [1.807, 2.05) is 0 Å². The van der Waals surface area contributed by atoms with E-state index in [1.54, 1.807) is 0 Å². The van der Waals surface area contributed by atoms with Gasteiger partial charge in [0.05, 0.1) is 0 Å². The second-order valence-electron chi connectivity index (χ2n) is 0. The summed E-state index contributed by atoms with van der Waals surface area (Å²) >= 11 is 0. The third-order valence-corrected chi connectivity index (χ3v) is 0. The molecule has 29 valence electrons. The van der Waals surface area contributed by atoms with E-state index in [1.165, 1.54) is 0 Å². The Bertz CT molecular complexity index is 7.61. The molecular weight excluding hydrogens is 95.1 g/mol. The number of aliphatic hydroxyl groups is 2. The van der Waals surface area contributed by atoms with Crippen LogP contribution in [0.15, 0.2) is 0 Å². The van der Waals surface area contributed by atoms with Crippen LogP contribution in [-0.4, -0.2) is 75.8 Å². The summed E-state index contributed by atoms with van der Waals surface area (Å²) in [5.41, 5.74) is 0. The van der Waals surface area contributed by atoms with Crippen molar-refractivity contribution in [3.05, 3.63) is 0 Å². The first-order valence-corrected chi connectivity index (χ1v) is 0.894. The number of rotatable bonds is 0. The van der Waals surface area contributed by atoms with E-state index in [-0.39, 0.29) is 51.4 Å². The molecular formula is C2H8KO2. The van der Waals surface area contributed by atoms with Gasteiger partial charge in [0, 0.05) is 65.6 Å². The summed E-state index contributed by atoms with van der Waals surface area (Å²) < 4.78 is 0. The van der Waals surface area contributed by atoms with Crippen molar-refractivity contribution in [3.63, 3.8) is 0 Å². The van der Waals surface area contributed by atoms with Crippen LogP contribution in [0.3, 0.4) is 0 Å². The number of hydrogen-bond acceptors (Lipinski definition) is 2. The molecule has 0 aromatic heterocycles. The van der Waals surface area contributed by atoms with Gasteiger partial charge in [-0.1, -0.05) is 0 Å². The molecule has 2 N–H and O–H groups in total. The molecule has 5 heavy (non-hydrogen) atoms. The van der Waals surface area contributed by atoms with Crippen LogP contribution in [0.25, 0.3) is 0 Å². The summed E-state index contributed by atoms with van der Waals surface area (Å²) in [5.74, 6) is 0. The Balaban J connectivity index is -0.0000000133. The number of aliphatic hydroxyl groups excluding tert-OH is 2. The first-order chi connectivity index (χ1) is 2.00. The van der Waals surface area contributed by atoms with Gasteiger partial charge in [-0.3, -0.25) is 0 Å². The van der Waals surface area contributed by atoms with E-state index in [4.69, 9.17) is 10.2 Å². The zero-order chi connectivity index (χ0) is 4.00. The molecule has 3 heteroatoms. The van der Waals surface area contributed by atoms with Crippen LogP contribution in [0, 0.1) is 0 Å². The molecule has 1 radical (unpaired) electrons. The van der Waals surface area contributed by atoms with Crippen molar-refractivity contribution in [2.75, 3.05) is 14.2 Å². The Morgan fingerprint density at radius 1 is 0.800 bits per heavy atom. The minimum atomic E-state index is 0. The minimum Gasteiger partial charge on any atom is -0.400 e. The Hall–Kier alpha value is 1.56. The van der Waals surface area contributed by atoms with Crippen LogP contribution < -0.4 is 0 Å². The molecule has 0 aromatic rings. The maximum absolute atomic E-state index is 7.00. The molecule has 2 nitrogen and oxygen atoms in total. The molecule has 0 saturated carbocycles. The summed E-state index contributed by atoms with van der Waals surface area (Å²) in [4.78, 5) is 0. The van der Waals surface area contributed by atoms with E-state index >= 15 is 0 Å². The van der Waals surface area contributed by atoms with E-state index in [2.05, 4.69) is 0 Å². The molecule has 0 spiro atoms. The van der Waals surface area contributed by atoms with Gasteiger partial charge in [-0.05, 0) is 0 Å². The van der Waals surface area contributed by atoms with Crippen LogP contribution in [0.2, 0.25) is 0 Å². The largest absolute Gasteiger partial charge is 0.400 e. The Labute approximate surface area is 74.6 Å². The van der Waals surface area contributed by atoms with Crippen LogP contribution in [-0.2, 0) is 0 Å². The monoisotopic (exact) mass is 103 g/mol. The third kappa shape index (κ3) is 29.0. The molecule has 0 bridgehead atoms. The van der Waals surface area contributed by atoms with Crippen LogP contribution in [0.4, 0.5) is 0 Å². The first kappa shape index (κ1) is 16.0. The fourth-order valence-electron chi connectivity index (χ4n) is 0. The standard InChI is InChI=1S/2CH4O.K/c2*1-2;/h2*2H,1H3;. The summed E-state index contributed by atoms with van der Waals surface area (Å²) in [7, 11) is 2.00. The van der Waals surface area contributed by atoms with Crippen LogP contribution in [0.5, 0.6) is 0 Å². The van der Waals surface area contributed by atoms with Crippen molar-refractivity contribution in [1.82, 2.24) is 0 Å². The number of hydrogen-bond donors (Lipinski definition) is 2. The zero-order valence-electron chi connectivity index (χ0n) is 3.89. The van der Waals surface area contributed by atoms with Gasteiger partial charge in [0.25, 0.3) is 0 Å². The van der Waals surface area contributed by atoms with Gasteiger partial charge in [-0.2, -0.15) is 0 Å². The van der Waals surface area contributed by atoms with E-state index in [0.717, 1.165) is 14.2 Å². The molecule has 0 aliphatic carbocycles. The fourth-order valence-corrected chi connectivity index (χ4v) is 0. The Morgan fingerprint density at radius 2 is 0.800 bits per heavy atom. The average molecular weight is 103 g/mol. The molecule has 0 fully saturated rings. The zero-order valence-corrected chi connectivity index (χ0v) is 7.02.